The molecule has 0 atom stereocenters. The zero-order chi connectivity index (χ0) is 21.9. The Labute approximate surface area is 192 Å². The highest BCUT2D eigenvalue weighted by molar-refractivity contribution is 7.91. The van der Waals surface area contributed by atoms with Gasteiger partial charge in [0, 0.05) is 19.5 Å². The molecule has 168 valence electrons. The molecule has 0 saturated carbocycles. The number of benzene rings is 2. The van der Waals surface area contributed by atoms with Crippen LogP contribution in [0, 0.1) is 12.7 Å². The Morgan fingerprint density at radius 2 is 1.77 bits per heavy atom. The molecule has 1 aromatic heterocycles. The zero-order valence-corrected chi connectivity index (χ0v) is 20.0. The molecule has 0 aliphatic heterocycles. The zero-order valence-electron chi connectivity index (χ0n) is 17.5. The van der Waals surface area contributed by atoms with E-state index in [9.17, 15) is 17.6 Å². The van der Waals surface area contributed by atoms with Crippen molar-refractivity contribution in [2.45, 2.75) is 18.2 Å². The Bertz CT molecular complexity index is 1150. The molecule has 0 spiro atoms. The normalized spacial score (nSPS) is 11.5. The smallest absolute Gasteiger partial charge is 0.229 e. The molecule has 3 rings (SSSR count). The Morgan fingerprint density at radius 3 is 2.39 bits per heavy atom. The van der Waals surface area contributed by atoms with Crippen LogP contribution in [-0.2, 0) is 14.6 Å². The van der Waals surface area contributed by atoms with E-state index in [-0.39, 0.29) is 35.4 Å². The van der Waals surface area contributed by atoms with Crippen molar-refractivity contribution in [3.63, 3.8) is 0 Å². The largest absolute Gasteiger partial charge is 0.308 e. The van der Waals surface area contributed by atoms with Gasteiger partial charge in [-0.2, -0.15) is 0 Å². The molecule has 0 radical (unpaired) electrons. The third-order valence-electron chi connectivity index (χ3n) is 4.67. The van der Waals surface area contributed by atoms with E-state index >= 15 is 0 Å². The number of hydrogen-bond acceptors (Lipinski definition) is 6. The summed E-state index contributed by atoms with van der Waals surface area (Å²) in [6.45, 7) is 2.99. The van der Waals surface area contributed by atoms with Crippen LogP contribution in [-0.4, -0.2) is 57.1 Å². The van der Waals surface area contributed by atoms with Gasteiger partial charge in [-0.3, -0.25) is 9.69 Å². The quantitative estimate of drug-likeness (QED) is 0.452. The summed E-state index contributed by atoms with van der Waals surface area (Å²) < 4.78 is 39.2. The molecule has 3 aromatic rings. The molecular formula is C21H25ClFN3O3S2. The summed E-state index contributed by atoms with van der Waals surface area (Å²) in [6, 6.07) is 10.5. The number of anilines is 1. The number of amides is 1. The van der Waals surface area contributed by atoms with Crippen molar-refractivity contribution >= 4 is 54.8 Å². The number of aromatic nitrogens is 1. The molecule has 0 saturated heterocycles. The maximum atomic E-state index is 13.1. The second-order valence-corrected chi connectivity index (χ2v) is 10.4. The van der Waals surface area contributed by atoms with Gasteiger partial charge in [-0.25, -0.2) is 17.8 Å². The first-order chi connectivity index (χ1) is 14.2. The second kappa shape index (κ2) is 10.5. The van der Waals surface area contributed by atoms with Crippen molar-refractivity contribution in [3.8, 4) is 0 Å². The van der Waals surface area contributed by atoms with E-state index in [4.69, 9.17) is 0 Å². The third-order valence-corrected chi connectivity index (χ3v) is 7.45. The maximum Gasteiger partial charge on any atom is 0.229 e. The first kappa shape index (κ1) is 25.2. The topological polar surface area (TPSA) is 70.6 Å². The second-order valence-electron chi connectivity index (χ2n) is 7.29. The standard InChI is InChI=1S/C21H24FN3O3S2.ClH/c1-15-5-4-6-18-20(15)23-21(29-18)25(13-12-24(2)3)19(26)11-14-30(27,28)17-9-7-16(22)8-10-17;/h4-10H,11-14H2,1-3H3;1H. The van der Waals surface area contributed by atoms with Crippen LogP contribution in [0.25, 0.3) is 10.2 Å². The SMILES string of the molecule is Cc1cccc2sc(N(CCN(C)C)C(=O)CCS(=O)(=O)c3ccc(F)cc3)nc12.Cl. The molecular weight excluding hydrogens is 461 g/mol. The Morgan fingerprint density at radius 1 is 1.10 bits per heavy atom. The molecule has 31 heavy (non-hydrogen) atoms. The lowest BCUT2D eigenvalue weighted by molar-refractivity contribution is -0.118. The van der Waals surface area contributed by atoms with Crippen LogP contribution >= 0.6 is 23.7 Å². The Hall–Kier alpha value is -2.07. The number of thiazole rings is 1. The number of carbonyl (C=O) groups excluding carboxylic acids is 1. The number of likely N-dealkylation sites (N-methyl/N-ethyl adjacent to an activating group) is 1. The fourth-order valence-corrected chi connectivity index (χ4v) is 5.25. The van der Waals surface area contributed by atoms with Crippen molar-refractivity contribution in [2.24, 2.45) is 0 Å². The van der Waals surface area contributed by atoms with Gasteiger partial charge in [0.05, 0.1) is 20.9 Å². The Kier molecular flexibility index (Phi) is 8.53. The fourth-order valence-electron chi connectivity index (χ4n) is 2.93. The average Bonchev–Trinajstić information content (AvgIpc) is 3.12. The lowest BCUT2D eigenvalue weighted by Gasteiger charge is -2.22. The van der Waals surface area contributed by atoms with E-state index in [1.54, 1.807) is 4.90 Å². The number of fused-ring (bicyclic) bond motifs is 1. The van der Waals surface area contributed by atoms with Gasteiger partial charge < -0.3 is 4.90 Å². The monoisotopic (exact) mass is 485 g/mol. The van der Waals surface area contributed by atoms with E-state index in [0.29, 0.717) is 18.2 Å². The van der Waals surface area contributed by atoms with Gasteiger partial charge in [0.1, 0.15) is 5.82 Å². The number of rotatable bonds is 8. The van der Waals surface area contributed by atoms with Gasteiger partial charge in [0.15, 0.2) is 15.0 Å². The van der Waals surface area contributed by atoms with Crippen molar-refractivity contribution in [3.05, 3.63) is 53.8 Å². The van der Waals surface area contributed by atoms with Crippen LogP contribution in [0.4, 0.5) is 9.52 Å². The number of nitrogens with zero attached hydrogens (tertiary/aromatic N) is 3. The van der Waals surface area contributed by atoms with E-state index in [2.05, 4.69) is 4.98 Å². The van der Waals surface area contributed by atoms with Crippen LogP contribution in [0.5, 0.6) is 0 Å². The van der Waals surface area contributed by atoms with E-state index in [1.165, 1.54) is 23.5 Å². The number of para-hydroxylation sites is 1. The minimum atomic E-state index is -3.69. The lowest BCUT2D eigenvalue weighted by Crippen LogP contribution is -2.37. The fraction of sp³-hybridized carbons (Fsp3) is 0.333. The van der Waals surface area contributed by atoms with Gasteiger partial charge in [0.2, 0.25) is 5.91 Å². The van der Waals surface area contributed by atoms with Crippen LogP contribution < -0.4 is 4.90 Å². The number of aryl methyl sites for hydroxylation is 1. The number of hydrogen-bond donors (Lipinski definition) is 0. The molecule has 1 heterocycles. The summed E-state index contributed by atoms with van der Waals surface area (Å²) in [6.07, 6.45) is -0.179. The summed E-state index contributed by atoms with van der Waals surface area (Å²) in [5.41, 5.74) is 1.87. The average molecular weight is 486 g/mol. The molecule has 0 bridgehead atoms. The molecule has 6 nitrogen and oxygen atoms in total. The lowest BCUT2D eigenvalue weighted by atomic mass is 10.2. The number of sulfone groups is 1. The van der Waals surface area contributed by atoms with Crippen LogP contribution in [0.1, 0.15) is 12.0 Å². The molecule has 2 aromatic carbocycles. The van der Waals surface area contributed by atoms with Gasteiger partial charge in [-0.05, 0) is 56.9 Å². The highest BCUT2D eigenvalue weighted by Gasteiger charge is 2.23. The van der Waals surface area contributed by atoms with Gasteiger partial charge >= 0.3 is 0 Å². The molecule has 0 aliphatic rings. The first-order valence-electron chi connectivity index (χ1n) is 9.47. The van der Waals surface area contributed by atoms with Crippen molar-refractivity contribution in [2.75, 3.05) is 37.8 Å². The summed E-state index contributed by atoms with van der Waals surface area (Å²) in [5.74, 6) is -1.16. The minimum absolute atomic E-state index is 0. The molecule has 0 N–H and O–H groups in total. The van der Waals surface area contributed by atoms with E-state index in [1.807, 2.05) is 44.1 Å². The maximum absolute atomic E-state index is 13.1. The molecule has 0 fully saturated rings. The number of carbonyl (C=O) groups is 1. The summed E-state index contributed by atoms with van der Waals surface area (Å²) in [5, 5.41) is 0.560. The Balaban J connectivity index is 0.00000341. The summed E-state index contributed by atoms with van der Waals surface area (Å²) in [4.78, 5) is 21.2. The predicted molar refractivity (Wildman–Crippen MR) is 126 cm³/mol. The third kappa shape index (κ3) is 6.22. The van der Waals surface area contributed by atoms with Gasteiger partial charge in [-0.1, -0.05) is 23.5 Å². The molecule has 0 unspecified atom stereocenters. The summed E-state index contributed by atoms with van der Waals surface area (Å²) >= 11 is 1.42. The van der Waals surface area contributed by atoms with Gasteiger partial charge in [-0.15, -0.1) is 12.4 Å². The van der Waals surface area contributed by atoms with Crippen LogP contribution in [0.2, 0.25) is 0 Å². The van der Waals surface area contributed by atoms with Crippen LogP contribution in [0.15, 0.2) is 47.4 Å². The highest BCUT2D eigenvalue weighted by atomic mass is 35.5. The molecule has 10 heteroatoms. The van der Waals surface area contributed by atoms with E-state index in [0.717, 1.165) is 27.9 Å². The first-order valence-corrected chi connectivity index (χ1v) is 11.9. The van der Waals surface area contributed by atoms with Crippen LogP contribution in [0.3, 0.4) is 0 Å². The highest BCUT2D eigenvalue weighted by Crippen LogP contribution is 2.31. The van der Waals surface area contributed by atoms with E-state index < -0.39 is 15.7 Å². The van der Waals surface area contributed by atoms with Crippen molar-refractivity contribution in [1.29, 1.82) is 0 Å². The molecule has 0 aliphatic carbocycles. The predicted octanol–water partition coefficient (Wildman–Crippen LogP) is 3.92. The number of halogens is 2. The minimum Gasteiger partial charge on any atom is -0.308 e. The summed E-state index contributed by atoms with van der Waals surface area (Å²) in [7, 11) is 0.122. The van der Waals surface area contributed by atoms with Crippen molar-refractivity contribution in [1.82, 2.24) is 9.88 Å². The van der Waals surface area contributed by atoms with Gasteiger partial charge in [0.25, 0.3) is 0 Å². The van der Waals surface area contributed by atoms with Crippen molar-refractivity contribution < 1.29 is 17.6 Å². The molecule has 1 amide bonds.